The summed E-state index contributed by atoms with van der Waals surface area (Å²) in [5.41, 5.74) is 0.924. The minimum absolute atomic E-state index is 0.174. The lowest BCUT2D eigenvalue weighted by molar-refractivity contribution is 0.187. The predicted octanol–water partition coefficient (Wildman–Crippen LogP) is 5.38. The van der Waals surface area contributed by atoms with Crippen LogP contribution >= 0.6 is 11.6 Å². The van der Waals surface area contributed by atoms with Crippen LogP contribution in [0.3, 0.4) is 0 Å². The molecule has 0 aliphatic carbocycles. The van der Waals surface area contributed by atoms with Crippen LogP contribution < -0.4 is 15.6 Å². The number of benzene rings is 2. The fourth-order valence-corrected chi connectivity index (χ4v) is 3.88. The number of ether oxygens (including phenoxy) is 1. The molecule has 0 radical (unpaired) electrons. The summed E-state index contributed by atoms with van der Waals surface area (Å²) in [6, 6.07) is 11.6. The Hall–Kier alpha value is -3.06. The summed E-state index contributed by atoms with van der Waals surface area (Å²) < 4.78 is 6.86. The van der Waals surface area contributed by atoms with Gasteiger partial charge in [0.1, 0.15) is 11.6 Å². The van der Waals surface area contributed by atoms with Crippen LogP contribution in [0.2, 0.25) is 5.02 Å². The van der Waals surface area contributed by atoms with Gasteiger partial charge in [0.25, 0.3) is 5.56 Å². The zero-order valence-electron chi connectivity index (χ0n) is 18.9. The standard InChI is InChI=1S/C24H29ClN4O3/c1-5-6-9-14-29(24(31)27-19-10-7-8-11-21(19)32-4)16(2)22-26-20-15-17(25)12-13-18(20)23(30)28(22)3/h7-8,10-13,15-16H,5-6,9,14H2,1-4H3,(H,27,31). The van der Waals surface area contributed by atoms with Gasteiger partial charge in [-0.1, -0.05) is 43.5 Å². The number of carbonyl (C=O) groups excluding carboxylic acids is 1. The first-order chi connectivity index (χ1) is 15.4. The number of urea groups is 1. The highest BCUT2D eigenvalue weighted by Crippen LogP contribution is 2.26. The van der Waals surface area contributed by atoms with Gasteiger partial charge in [-0.2, -0.15) is 0 Å². The Bertz CT molecular complexity index is 1160. The topological polar surface area (TPSA) is 76.5 Å². The number of rotatable bonds is 8. The van der Waals surface area contributed by atoms with Crippen molar-refractivity contribution < 1.29 is 9.53 Å². The van der Waals surface area contributed by atoms with Crippen LogP contribution in [0.5, 0.6) is 5.75 Å². The Morgan fingerprint density at radius 3 is 2.72 bits per heavy atom. The van der Waals surface area contributed by atoms with Crippen molar-refractivity contribution in [1.29, 1.82) is 0 Å². The molecule has 0 saturated carbocycles. The summed E-state index contributed by atoms with van der Waals surface area (Å²) in [7, 11) is 3.24. The van der Waals surface area contributed by atoms with Gasteiger partial charge in [-0.05, 0) is 43.7 Å². The van der Waals surface area contributed by atoms with Gasteiger partial charge in [0, 0.05) is 18.6 Å². The maximum Gasteiger partial charge on any atom is 0.322 e. The smallest absolute Gasteiger partial charge is 0.322 e. The van der Waals surface area contributed by atoms with E-state index in [4.69, 9.17) is 21.3 Å². The zero-order chi connectivity index (χ0) is 23.3. The van der Waals surface area contributed by atoms with Crippen molar-refractivity contribution in [1.82, 2.24) is 14.5 Å². The molecule has 3 aromatic rings. The van der Waals surface area contributed by atoms with Crippen molar-refractivity contribution in [2.45, 2.75) is 39.2 Å². The van der Waals surface area contributed by atoms with Gasteiger partial charge in [-0.15, -0.1) is 0 Å². The number of hydrogen-bond donors (Lipinski definition) is 1. The highest BCUT2D eigenvalue weighted by atomic mass is 35.5. The molecule has 3 rings (SSSR count). The Morgan fingerprint density at radius 1 is 1.25 bits per heavy atom. The highest BCUT2D eigenvalue weighted by Gasteiger charge is 2.26. The number of amides is 2. The molecule has 1 heterocycles. The average Bonchev–Trinajstić information content (AvgIpc) is 2.79. The van der Waals surface area contributed by atoms with Crippen molar-refractivity contribution in [3.8, 4) is 5.75 Å². The van der Waals surface area contributed by atoms with Crippen molar-refractivity contribution >= 4 is 34.2 Å². The van der Waals surface area contributed by atoms with E-state index >= 15 is 0 Å². The van der Waals surface area contributed by atoms with Crippen LogP contribution in [0.1, 0.15) is 45.0 Å². The first-order valence-corrected chi connectivity index (χ1v) is 11.1. The van der Waals surface area contributed by atoms with E-state index in [9.17, 15) is 9.59 Å². The van der Waals surface area contributed by atoms with Crippen molar-refractivity contribution in [2.24, 2.45) is 7.05 Å². The van der Waals surface area contributed by atoms with E-state index in [0.717, 1.165) is 19.3 Å². The van der Waals surface area contributed by atoms with Crippen molar-refractivity contribution in [3.63, 3.8) is 0 Å². The number of para-hydroxylation sites is 2. The number of fused-ring (bicyclic) bond motifs is 1. The van der Waals surface area contributed by atoms with Gasteiger partial charge in [-0.25, -0.2) is 9.78 Å². The van der Waals surface area contributed by atoms with E-state index in [0.29, 0.717) is 39.7 Å². The molecule has 0 aliphatic heterocycles. The second-order valence-corrected chi connectivity index (χ2v) is 8.14. The van der Waals surface area contributed by atoms with Gasteiger partial charge >= 0.3 is 6.03 Å². The van der Waals surface area contributed by atoms with Gasteiger partial charge in [0.2, 0.25) is 0 Å². The third kappa shape index (κ3) is 5.05. The average molecular weight is 457 g/mol. The zero-order valence-corrected chi connectivity index (χ0v) is 19.6. The van der Waals surface area contributed by atoms with Crippen molar-refractivity contribution in [2.75, 3.05) is 19.0 Å². The van der Waals surface area contributed by atoms with Crippen LogP contribution in [0.15, 0.2) is 47.3 Å². The molecular weight excluding hydrogens is 428 g/mol. The Labute approximate surface area is 193 Å². The predicted molar refractivity (Wildman–Crippen MR) is 129 cm³/mol. The Morgan fingerprint density at radius 2 is 2.00 bits per heavy atom. The quantitative estimate of drug-likeness (QED) is 0.461. The summed E-state index contributed by atoms with van der Waals surface area (Å²) in [6.45, 7) is 4.52. The number of unbranched alkanes of at least 4 members (excludes halogenated alkanes) is 2. The number of nitrogens with one attached hydrogen (secondary N) is 1. The lowest BCUT2D eigenvalue weighted by Gasteiger charge is -2.30. The minimum atomic E-state index is -0.442. The van der Waals surface area contributed by atoms with Crippen LogP contribution in [-0.4, -0.2) is 34.1 Å². The number of methoxy groups -OCH3 is 1. The Balaban J connectivity index is 1.98. The minimum Gasteiger partial charge on any atom is -0.495 e. The van der Waals surface area contributed by atoms with E-state index < -0.39 is 6.04 Å². The molecule has 0 saturated heterocycles. The molecule has 1 atom stereocenters. The number of hydrogen-bond acceptors (Lipinski definition) is 4. The summed E-state index contributed by atoms with van der Waals surface area (Å²) in [5.74, 6) is 1.07. The molecule has 1 aromatic heterocycles. The SMILES string of the molecule is CCCCCN(C(=O)Nc1ccccc1OC)C(C)c1nc2cc(Cl)ccc2c(=O)n1C. The molecule has 7 nitrogen and oxygen atoms in total. The summed E-state index contributed by atoms with van der Waals surface area (Å²) in [4.78, 5) is 32.7. The molecule has 8 heteroatoms. The normalized spacial score (nSPS) is 11.9. The second kappa shape index (κ2) is 10.5. The van der Waals surface area contributed by atoms with E-state index in [2.05, 4.69) is 12.2 Å². The van der Waals surface area contributed by atoms with Crippen molar-refractivity contribution in [3.05, 3.63) is 63.7 Å². The van der Waals surface area contributed by atoms with E-state index in [1.807, 2.05) is 19.1 Å². The largest absolute Gasteiger partial charge is 0.495 e. The number of carbonyl (C=O) groups is 1. The molecule has 32 heavy (non-hydrogen) atoms. The van der Waals surface area contributed by atoms with Gasteiger partial charge < -0.3 is 15.0 Å². The lowest BCUT2D eigenvalue weighted by Crippen LogP contribution is -2.40. The molecule has 1 unspecified atom stereocenters. The Kier molecular flexibility index (Phi) is 7.75. The molecule has 0 aliphatic rings. The molecule has 0 spiro atoms. The number of aromatic nitrogens is 2. The fraction of sp³-hybridized carbons (Fsp3) is 0.375. The number of nitrogens with zero attached hydrogens (tertiary/aromatic N) is 3. The van der Waals surface area contributed by atoms with Gasteiger partial charge in [0.05, 0.1) is 29.7 Å². The van der Waals surface area contributed by atoms with E-state index in [1.54, 1.807) is 49.4 Å². The monoisotopic (exact) mass is 456 g/mol. The third-order valence-corrected chi connectivity index (χ3v) is 5.76. The summed E-state index contributed by atoms with van der Waals surface area (Å²) in [6.07, 6.45) is 2.86. The molecule has 170 valence electrons. The van der Waals surface area contributed by atoms with E-state index in [1.165, 1.54) is 4.57 Å². The fourth-order valence-electron chi connectivity index (χ4n) is 3.71. The van der Waals surface area contributed by atoms with Gasteiger partial charge in [-0.3, -0.25) is 9.36 Å². The number of halogens is 1. The molecule has 2 amide bonds. The lowest BCUT2D eigenvalue weighted by atomic mass is 10.2. The first-order valence-electron chi connectivity index (χ1n) is 10.7. The van der Waals surface area contributed by atoms with Crippen LogP contribution in [0.4, 0.5) is 10.5 Å². The van der Waals surface area contributed by atoms with Crippen LogP contribution in [-0.2, 0) is 7.05 Å². The van der Waals surface area contributed by atoms with Crippen LogP contribution in [0, 0.1) is 0 Å². The van der Waals surface area contributed by atoms with Crippen LogP contribution in [0.25, 0.3) is 10.9 Å². The third-order valence-electron chi connectivity index (χ3n) is 5.53. The number of anilines is 1. The maximum atomic E-state index is 13.3. The molecular formula is C24H29ClN4O3. The van der Waals surface area contributed by atoms with Gasteiger partial charge in [0.15, 0.2) is 0 Å². The molecule has 1 N–H and O–H groups in total. The molecule has 0 fully saturated rings. The second-order valence-electron chi connectivity index (χ2n) is 7.70. The summed E-state index contributed by atoms with van der Waals surface area (Å²) in [5, 5.41) is 3.94. The highest BCUT2D eigenvalue weighted by molar-refractivity contribution is 6.31. The maximum absolute atomic E-state index is 13.3. The van der Waals surface area contributed by atoms with E-state index in [-0.39, 0.29) is 11.6 Å². The molecule has 0 bridgehead atoms. The first kappa shape index (κ1) is 23.6. The summed E-state index contributed by atoms with van der Waals surface area (Å²) >= 11 is 6.12. The molecule has 2 aromatic carbocycles.